The molecule has 3 nitrogen and oxygen atoms in total. The number of benzene rings is 1. The second-order valence-electron chi connectivity index (χ2n) is 4.42. The fourth-order valence-electron chi connectivity index (χ4n) is 1.80. The number of thioether (sulfide) groups is 1. The average Bonchev–Trinajstić information content (AvgIpc) is 2.31. The highest BCUT2D eigenvalue weighted by atomic mass is 79.9. The van der Waals surface area contributed by atoms with E-state index in [-0.39, 0.29) is 11.2 Å². The van der Waals surface area contributed by atoms with Gasteiger partial charge in [-0.15, -0.1) is 11.8 Å². The lowest BCUT2D eigenvalue weighted by Crippen LogP contribution is -2.37. The van der Waals surface area contributed by atoms with Crippen molar-refractivity contribution in [2.24, 2.45) is 5.10 Å². The van der Waals surface area contributed by atoms with E-state index in [0.717, 1.165) is 15.7 Å². The molecule has 5 heteroatoms. The predicted octanol–water partition coefficient (Wildman–Crippen LogP) is 3.18. The van der Waals surface area contributed by atoms with Crippen molar-refractivity contribution in [2.45, 2.75) is 30.8 Å². The summed E-state index contributed by atoms with van der Waals surface area (Å²) in [5, 5.41) is 4.55. The summed E-state index contributed by atoms with van der Waals surface area (Å²) in [7, 11) is 0. The van der Waals surface area contributed by atoms with Crippen molar-refractivity contribution >= 4 is 39.3 Å². The lowest BCUT2D eigenvalue weighted by atomic mass is 10.0. The number of nitrogens with one attached hydrogen (secondary N) is 1. The van der Waals surface area contributed by atoms with Gasteiger partial charge in [0.25, 0.3) is 5.91 Å². The zero-order chi connectivity index (χ0) is 13.1. The molecule has 1 aliphatic rings. The first kappa shape index (κ1) is 13.6. The Morgan fingerprint density at radius 2 is 2.28 bits per heavy atom. The van der Waals surface area contributed by atoms with Crippen LogP contribution in [0.15, 0.2) is 33.8 Å². The molecule has 1 unspecified atom stereocenters. The van der Waals surface area contributed by atoms with E-state index in [2.05, 4.69) is 40.3 Å². The molecule has 1 amide bonds. The largest absolute Gasteiger partial charge is 0.272 e. The quantitative estimate of drug-likeness (QED) is 0.926. The number of carbonyl (C=O) groups excluding carboxylic acids is 1. The molecule has 0 aromatic heterocycles. The summed E-state index contributed by atoms with van der Waals surface area (Å²) in [5.74, 6) is 0.00690. The summed E-state index contributed by atoms with van der Waals surface area (Å²) in [4.78, 5) is 11.7. The maximum absolute atomic E-state index is 11.7. The SMILES string of the molecule is CC(C)SC1CC(c2cccc(Br)c2)=NNC1=O. The Kier molecular flexibility index (Phi) is 4.45. The van der Waals surface area contributed by atoms with Crippen LogP contribution in [-0.2, 0) is 4.79 Å². The molecule has 0 saturated carbocycles. The van der Waals surface area contributed by atoms with Gasteiger partial charge in [-0.3, -0.25) is 4.79 Å². The summed E-state index contributed by atoms with van der Waals surface area (Å²) < 4.78 is 1.02. The average molecular weight is 327 g/mol. The molecule has 0 radical (unpaired) electrons. The lowest BCUT2D eigenvalue weighted by Gasteiger charge is -2.22. The molecule has 0 fully saturated rings. The van der Waals surface area contributed by atoms with Gasteiger partial charge < -0.3 is 0 Å². The third kappa shape index (κ3) is 3.36. The van der Waals surface area contributed by atoms with Gasteiger partial charge in [0.2, 0.25) is 0 Å². The number of hydrogen-bond donors (Lipinski definition) is 1. The topological polar surface area (TPSA) is 41.5 Å². The van der Waals surface area contributed by atoms with Gasteiger partial charge in [0.1, 0.15) is 0 Å². The summed E-state index contributed by atoms with van der Waals surface area (Å²) in [6, 6.07) is 7.99. The number of nitrogens with zero attached hydrogens (tertiary/aromatic N) is 1. The van der Waals surface area contributed by atoms with Crippen molar-refractivity contribution in [3.63, 3.8) is 0 Å². The summed E-state index contributed by atoms with van der Waals surface area (Å²) >= 11 is 5.13. The second-order valence-corrected chi connectivity index (χ2v) is 7.12. The molecule has 0 saturated heterocycles. The van der Waals surface area contributed by atoms with E-state index in [9.17, 15) is 4.79 Å². The van der Waals surface area contributed by atoms with Crippen LogP contribution < -0.4 is 5.43 Å². The fourth-order valence-corrected chi connectivity index (χ4v) is 3.28. The highest BCUT2D eigenvalue weighted by Crippen LogP contribution is 2.25. The fraction of sp³-hybridized carbons (Fsp3) is 0.385. The highest BCUT2D eigenvalue weighted by Gasteiger charge is 2.26. The lowest BCUT2D eigenvalue weighted by molar-refractivity contribution is -0.120. The zero-order valence-electron chi connectivity index (χ0n) is 10.3. The second kappa shape index (κ2) is 5.89. The smallest absolute Gasteiger partial charge is 0.253 e. The minimum atomic E-state index is -0.0449. The van der Waals surface area contributed by atoms with E-state index >= 15 is 0 Å². The third-order valence-corrected chi connectivity index (χ3v) is 4.31. The summed E-state index contributed by atoms with van der Waals surface area (Å²) in [5.41, 5.74) is 4.61. The van der Waals surface area contributed by atoms with Gasteiger partial charge in [0, 0.05) is 10.9 Å². The normalized spacial score (nSPS) is 19.7. The molecule has 1 aliphatic heterocycles. The molecule has 0 aliphatic carbocycles. The Morgan fingerprint density at radius 3 is 2.94 bits per heavy atom. The van der Waals surface area contributed by atoms with E-state index in [0.29, 0.717) is 11.7 Å². The number of rotatable bonds is 3. The van der Waals surface area contributed by atoms with Gasteiger partial charge >= 0.3 is 0 Å². The third-order valence-electron chi connectivity index (χ3n) is 2.57. The molecular weight excluding hydrogens is 312 g/mol. The number of carbonyl (C=O) groups is 1. The van der Waals surface area contributed by atoms with Gasteiger partial charge in [0.15, 0.2) is 0 Å². The van der Waals surface area contributed by atoms with Gasteiger partial charge in [-0.2, -0.15) is 5.10 Å². The Balaban J connectivity index is 2.18. The number of amides is 1. The minimum absolute atomic E-state index is 0.00690. The molecule has 1 atom stereocenters. The van der Waals surface area contributed by atoms with Gasteiger partial charge in [0.05, 0.1) is 11.0 Å². The van der Waals surface area contributed by atoms with Crippen molar-refractivity contribution in [2.75, 3.05) is 0 Å². The van der Waals surface area contributed by atoms with Crippen molar-refractivity contribution in [3.8, 4) is 0 Å². The van der Waals surface area contributed by atoms with Crippen LogP contribution in [0.4, 0.5) is 0 Å². The van der Waals surface area contributed by atoms with Crippen LogP contribution in [0.5, 0.6) is 0 Å². The van der Waals surface area contributed by atoms with Gasteiger partial charge in [-0.25, -0.2) is 5.43 Å². The molecule has 2 rings (SSSR count). The van der Waals surface area contributed by atoms with E-state index < -0.39 is 0 Å². The molecule has 96 valence electrons. The summed E-state index contributed by atoms with van der Waals surface area (Å²) in [6.07, 6.45) is 0.686. The van der Waals surface area contributed by atoms with E-state index in [4.69, 9.17) is 0 Å². The minimum Gasteiger partial charge on any atom is -0.272 e. The molecule has 1 heterocycles. The Hall–Kier alpha value is -0.810. The van der Waals surface area contributed by atoms with Crippen molar-refractivity contribution < 1.29 is 4.79 Å². The molecule has 18 heavy (non-hydrogen) atoms. The van der Waals surface area contributed by atoms with Crippen LogP contribution >= 0.6 is 27.7 Å². The molecule has 1 aromatic rings. The summed E-state index contributed by atoms with van der Waals surface area (Å²) in [6.45, 7) is 4.20. The first-order valence-electron chi connectivity index (χ1n) is 5.84. The zero-order valence-corrected chi connectivity index (χ0v) is 12.7. The van der Waals surface area contributed by atoms with Crippen LogP contribution in [0.2, 0.25) is 0 Å². The van der Waals surface area contributed by atoms with Crippen LogP contribution in [0.3, 0.4) is 0 Å². The van der Waals surface area contributed by atoms with Crippen LogP contribution in [-0.4, -0.2) is 22.1 Å². The Bertz CT molecular complexity index is 488. The first-order valence-corrected chi connectivity index (χ1v) is 7.57. The number of hydrazone groups is 1. The molecule has 0 spiro atoms. The monoisotopic (exact) mass is 326 g/mol. The molecule has 1 N–H and O–H groups in total. The van der Waals surface area contributed by atoms with Crippen LogP contribution in [0.1, 0.15) is 25.8 Å². The number of halogens is 1. The van der Waals surface area contributed by atoms with E-state index in [1.165, 1.54) is 0 Å². The van der Waals surface area contributed by atoms with Crippen LogP contribution in [0, 0.1) is 0 Å². The first-order chi connectivity index (χ1) is 8.56. The Morgan fingerprint density at radius 1 is 1.50 bits per heavy atom. The molecule has 1 aromatic carbocycles. The van der Waals surface area contributed by atoms with Crippen LogP contribution in [0.25, 0.3) is 0 Å². The maximum atomic E-state index is 11.7. The van der Waals surface area contributed by atoms with Gasteiger partial charge in [-0.1, -0.05) is 41.9 Å². The maximum Gasteiger partial charge on any atom is 0.253 e. The van der Waals surface area contributed by atoms with Crippen molar-refractivity contribution in [1.82, 2.24) is 5.43 Å². The predicted molar refractivity (Wildman–Crippen MR) is 80.0 cm³/mol. The van der Waals surface area contributed by atoms with Crippen molar-refractivity contribution in [1.29, 1.82) is 0 Å². The van der Waals surface area contributed by atoms with Gasteiger partial charge in [-0.05, 0) is 22.9 Å². The standard InChI is InChI=1S/C13H15BrN2OS/c1-8(2)18-12-7-11(15-16-13(12)17)9-4-3-5-10(14)6-9/h3-6,8,12H,7H2,1-2H3,(H,16,17). The molecule has 0 bridgehead atoms. The highest BCUT2D eigenvalue weighted by molar-refractivity contribution is 9.10. The number of hydrogen-bond acceptors (Lipinski definition) is 3. The van der Waals surface area contributed by atoms with Crippen molar-refractivity contribution in [3.05, 3.63) is 34.3 Å². The van der Waals surface area contributed by atoms with E-state index in [1.807, 2.05) is 24.3 Å². The Labute approximate surface area is 120 Å². The van der Waals surface area contributed by atoms with E-state index in [1.54, 1.807) is 11.8 Å². The molecular formula is C13H15BrN2OS.